The minimum absolute atomic E-state index is 0.0853. The second kappa shape index (κ2) is 6.34. The van der Waals surface area contributed by atoms with Crippen molar-refractivity contribution < 1.29 is 16.8 Å². The Kier molecular flexibility index (Phi) is 4.46. The summed E-state index contributed by atoms with van der Waals surface area (Å²) in [7, 11) is -7.79. The lowest BCUT2D eigenvalue weighted by molar-refractivity contribution is 0.595. The molecule has 3 rings (SSSR count). The summed E-state index contributed by atoms with van der Waals surface area (Å²) in [5.74, 6) is 0.821. The number of rotatable bonds is 5. The molecule has 9 nitrogen and oxygen atoms in total. The lowest BCUT2D eigenvalue weighted by Crippen LogP contribution is -2.15. The maximum Gasteiger partial charge on any atom is 0.261 e. The number of pyridine rings is 1. The third-order valence-corrected chi connectivity index (χ3v) is 5.99. The average Bonchev–Trinajstić information content (AvgIpc) is 2.97. The number of anilines is 1. The van der Waals surface area contributed by atoms with Crippen molar-refractivity contribution in [3.05, 3.63) is 48.4 Å². The highest BCUT2D eigenvalue weighted by atomic mass is 32.2. The van der Waals surface area contributed by atoms with E-state index < -0.39 is 20.0 Å². The second-order valence-corrected chi connectivity index (χ2v) is 9.22. The maximum atomic E-state index is 12.5. The number of benzene rings is 1. The first-order valence-electron chi connectivity index (χ1n) is 7.58. The first kappa shape index (κ1) is 18.3. The van der Waals surface area contributed by atoms with Crippen LogP contribution in [0.1, 0.15) is 25.6 Å². The van der Waals surface area contributed by atoms with Crippen molar-refractivity contribution in [2.45, 2.75) is 29.6 Å². The molecular formula is C15H17N5O4S2. The second-order valence-electron chi connectivity index (χ2n) is 5.98. The number of fused-ring (bicyclic) bond motifs is 1. The van der Waals surface area contributed by atoms with Crippen LogP contribution in [0.2, 0.25) is 0 Å². The highest BCUT2D eigenvalue weighted by molar-refractivity contribution is 7.92. The van der Waals surface area contributed by atoms with Gasteiger partial charge in [0.15, 0.2) is 5.65 Å². The van der Waals surface area contributed by atoms with Crippen molar-refractivity contribution in [3.8, 4) is 0 Å². The van der Waals surface area contributed by atoms with Crippen LogP contribution in [0.3, 0.4) is 0 Å². The maximum absolute atomic E-state index is 12.5. The van der Waals surface area contributed by atoms with E-state index in [9.17, 15) is 16.8 Å². The van der Waals surface area contributed by atoms with E-state index in [1.807, 2.05) is 13.8 Å². The van der Waals surface area contributed by atoms with Gasteiger partial charge in [-0.2, -0.15) is 0 Å². The average molecular weight is 395 g/mol. The van der Waals surface area contributed by atoms with Gasteiger partial charge >= 0.3 is 0 Å². The summed E-state index contributed by atoms with van der Waals surface area (Å²) >= 11 is 0. The molecule has 3 aromatic rings. The Morgan fingerprint density at radius 2 is 1.58 bits per heavy atom. The predicted octanol–water partition coefficient (Wildman–Crippen LogP) is 1.30. The molecule has 2 heterocycles. The highest BCUT2D eigenvalue weighted by Gasteiger charge is 2.17. The standard InChI is InChI=1S/C15H17N5O4S2/c1-10(2)15-18-17-14-8-3-11(9-20(14)15)19-26(23,24)13-6-4-12(5-7-13)25(16,21)22/h3-10,19H,1-2H3,(H2,16,21,22). The van der Waals surface area contributed by atoms with Gasteiger partial charge in [-0.1, -0.05) is 13.8 Å². The smallest absolute Gasteiger partial charge is 0.261 e. The molecule has 0 saturated carbocycles. The molecule has 0 atom stereocenters. The Bertz CT molecular complexity index is 1170. The molecule has 0 aliphatic carbocycles. The molecule has 26 heavy (non-hydrogen) atoms. The summed E-state index contributed by atoms with van der Waals surface area (Å²) in [4.78, 5) is -0.248. The SMILES string of the molecule is CC(C)c1nnc2ccc(NS(=O)(=O)c3ccc(S(N)(=O)=O)cc3)cn12. The van der Waals surface area contributed by atoms with E-state index in [0.29, 0.717) is 17.2 Å². The van der Waals surface area contributed by atoms with Gasteiger partial charge in [-0.05, 0) is 36.4 Å². The van der Waals surface area contributed by atoms with Crippen LogP contribution >= 0.6 is 0 Å². The third-order valence-electron chi connectivity index (χ3n) is 3.66. The minimum Gasteiger partial charge on any atom is -0.284 e. The number of primary sulfonamides is 1. The monoisotopic (exact) mass is 395 g/mol. The van der Waals surface area contributed by atoms with Gasteiger partial charge in [0.25, 0.3) is 10.0 Å². The highest BCUT2D eigenvalue weighted by Crippen LogP contribution is 2.20. The van der Waals surface area contributed by atoms with Gasteiger partial charge in [-0.25, -0.2) is 22.0 Å². The lowest BCUT2D eigenvalue weighted by atomic mass is 10.2. The molecule has 138 valence electrons. The molecule has 0 bridgehead atoms. The van der Waals surface area contributed by atoms with E-state index in [1.54, 1.807) is 22.7 Å². The number of nitrogens with zero attached hydrogens (tertiary/aromatic N) is 3. The number of nitrogens with one attached hydrogen (secondary N) is 1. The summed E-state index contributed by atoms with van der Waals surface area (Å²) in [5, 5.41) is 13.1. The summed E-state index contributed by atoms with van der Waals surface area (Å²) < 4.78 is 51.8. The molecule has 0 fully saturated rings. The molecule has 11 heteroatoms. The third kappa shape index (κ3) is 3.54. The van der Waals surface area contributed by atoms with E-state index >= 15 is 0 Å². The van der Waals surface area contributed by atoms with Crippen LogP contribution in [0.5, 0.6) is 0 Å². The Labute approximate surface area is 151 Å². The minimum atomic E-state index is -3.90. The Balaban J connectivity index is 1.94. The van der Waals surface area contributed by atoms with Crippen LogP contribution in [0, 0.1) is 0 Å². The van der Waals surface area contributed by atoms with E-state index in [-0.39, 0.29) is 15.7 Å². The quantitative estimate of drug-likeness (QED) is 0.668. The number of nitrogens with two attached hydrogens (primary N) is 1. The normalized spacial score (nSPS) is 12.6. The van der Waals surface area contributed by atoms with Crippen molar-refractivity contribution in [3.63, 3.8) is 0 Å². The topological polar surface area (TPSA) is 137 Å². The Hall–Kier alpha value is -2.50. The molecule has 2 aromatic heterocycles. The van der Waals surface area contributed by atoms with E-state index in [1.165, 1.54) is 12.1 Å². The number of hydrogen-bond donors (Lipinski definition) is 2. The number of aromatic nitrogens is 3. The zero-order valence-electron chi connectivity index (χ0n) is 14.0. The van der Waals surface area contributed by atoms with Gasteiger partial charge in [0.2, 0.25) is 10.0 Å². The molecule has 0 spiro atoms. The van der Waals surface area contributed by atoms with Gasteiger partial charge in [-0.3, -0.25) is 9.12 Å². The van der Waals surface area contributed by atoms with Gasteiger partial charge in [0, 0.05) is 12.1 Å². The molecule has 0 aliphatic rings. The Morgan fingerprint density at radius 1 is 0.962 bits per heavy atom. The van der Waals surface area contributed by atoms with Crippen molar-refractivity contribution in [1.82, 2.24) is 14.6 Å². The zero-order chi connectivity index (χ0) is 19.1. The molecule has 0 amide bonds. The lowest BCUT2D eigenvalue weighted by Gasteiger charge is -2.10. The number of sulfonamides is 2. The fourth-order valence-electron chi connectivity index (χ4n) is 2.39. The molecule has 3 N–H and O–H groups in total. The van der Waals surface area contributed by atoms with Crippen molar-refractivity contribution >= 4 is 31.4 Å². The van der Waals surface area contributed by atoms with Crippen LogP contribution < -0.4 is 9.86 Å². The van der Waals surface area contributed by atoms with Crippen molar-refractivity contribution in [2.24, 2.45) is 5.14 Å². The van der Waals surface area contributed by atoms with Gasteiger partial charge < -0.3 is 0 Å². The van der Waals surface area contributed by atoms with Crippen molar-refractivity contribution in [2.75, 3.05) is 4.72 Å². The van der Waals surface area contributed by atoms with E-state index in [0.717, 1.165) is 12.1 Å². The molecule has 1 aromatic carbocycles. The van der Waals surface area contributed by atoms with E-state index in [2.05, 4.69) is 14.9 Å². The zero-order valence-corrected chi connectivity index (χ0v) is 15.6. The summed E-state index contributed by atoms with van der Waals surface area (Å²) in [5.41, 5.74) is 0.934. The summed E-state index contributed by atoms with van der Waals surface area (Å²) in [6, 6.07) is 7.87. The fourth-order valence-corrected chi connectivity index (χ4v) is 3.94. The molecule has 0 radical (unpaired) electrons. The van der Waals surface area contributed by atoms with Crippen LogP contribution in [0.4, 0.5) is 5.69 Å². The number of hydrogen-bond acceptors (Lipinski definition) is 6. The largest absolute Gasteiger partial charge is 0.284 e. The summed E-state index contributed by atoms with van der Waals surface area (Å²) in [6.07, 6.45) is 1.60. The first-order valence-corrected chi connectivity index (χ1v) is 10.6. The van der Waals surface area contributed by atoms with Gasteiger partial charge in [0.1, 0.15) is 5.82 Å². The summed E-state index contributed by atoms with van der Waals surface area (Å²) in [6.45, 7) is 3.92. The van der Waals surface area contributed by atoms with Crippen molar-refractivity contribution in [1.29, 1.82) is 0 Å². The van der Waals surface area contributed by atoms with E-state index in [4.69, 9.17) is 5.14 Å². The molecule has 0 aliphatic heterocycles. The fraction of sp³-hybridized carbons (Fsp3) is 0.200. The van der Waals surface area contributed by atoms with Gasteiger partial charge in [-0.15, -0.1) is 10.2 Å². The van der Waals surface area contributed by atoms with Crippen LogP contribution in [-0.4, -0.2) is 31.4 Å². The predicted molar refractivity (Wildman–Crippen MR) is 95.7 cm³/mol. The van der Waals surface area contributed by atoms with Gasteiger partial charge in [0.05, 0.1) is 15.5 Å². The first-order chi connectivity index (χ1) is 12.1. The Morgan fingerprint density at radius 3 is 2.15 bits per heavy atom. The molecule has 0 saturated heterocycles. The van der Waals surface area contributed by atoms with Crippen LogP contribution in [0.25, 0.3) is 5.65 Å². The van der Waals surface area contributed by atoms with Crippen LogP contribution in [0.15, 0.2) is 52.4 Å². The molecule has 0 unspecified atom stereocenters. The van der Waals surface area contributed by atoms with Crippen LogP contribution in [-0.2, 0) is 20.0 Å². The molecular weight excluding hydrogens is 378 g/mol.